The average molecular weight is 433 g/mol. The van der Waals surface area contributed by atoms with Crippen LogP contribution in [0.3, 0.4) is 0 Å². The van der Waals surface area contributed by atoms with Gasteiger partial charge in [-0.15, -0.1) is 5.10 Å². The number of rotatable bonds is 5. The molecule has 2 amide bonds. The number of amides is 2. The van der Waals surface area contributed by atoms with Gasteiger partial charge < -0.3 is 0 Å². The van der Waals surface area contributed by atoms with E-state index in [1.54, 1.807) is 4.68 Å². The third-order valence-electron chi connectivity index (χ3n) is 5.65. The van der Waals surface area contributed by atoms with Crippen molar-refractivity contribution >= 4 is 11.8 Å². The van der Waals surface area contributed by atoms with Crippen molar-refractivity contribution < 1.29 is 9.59 Å². The molecule has 1 aliphatic heterocycles. The Morgan fingerprint density at radius 2 is 1.66 bits per heavy atom. The minimum absolute atomic E-state index is 0.0163. The van der Waals surface area contributed by atoms with E-state index in [4.69, 9.17) is 0 Å². The van der Waals surface area contributed by atoms with Gasteiger partial charge in [-0.05, 0) is 45.4 Å². The molecule has 1 unspecified atom stereocenters. The Hall–Kier alpha value is -3.52. The Balaban J connectivity index is 1.53. The standard InChI is InChI=1S/C24H28N6O2/c1-17(2)29-16-10-9-15-20(29)23(31)26-27-24(32)21-25-22(18-11-5-3-6-12-18)30(28-21)19-13-7-4-8-14-19/h3-8,11-14,17,20H,9-10,15-16H2,1-2H3,(H,26,31)(H,27,32). The SMILES string of the molecule is CC(C)N1CCCCC1C(=O)NNC(=O)c1nc(-c2ccccc2)n(-c2ccccc2)n1. The minimum atomic E-state index is -0.558. The summed E-state index contributed by atoms with van der Waals surface area (Å²) in [4.78, 5) is 32.2. The zero-order valence-electron chi connectivity index (χ0n) is 18.4. The lowest BCUT2D eigenvalue weighted by atomic mass is 10.00. The van der Waals surface area contributed by atoms with Gasteiger partial charge in [-0.25, -0.2) is 9.67 Å². The van der Waals surface area contributed by atoms with Crippen LogP contribution in [0.25, 0.3) is 17.1 Å². The molecule has 0 spiro atoms. The summed E-state index contributed by atoms with van der Waals surface area (Å²) in [6.07, 6.45) is 2.86. The summed E-state index contributed by atoms with van der Waals surface area (Å²) in [5, 5.41) is 4.42. The fraction of sp³-hybridized carbons (Fsp3) is 0.333. The van der Waals surface area contributed by atoms with Gasteiger partial charge in [0.15, 0.2) is 5.82 Å². The van der Waals surface area contributed by atoms with Gasteiger partial charge in [0.1, 0.15) is 0 Å². The van der Waals surface area contributed by atoms with Crippen LogP contribution in [-0.4, -0.2) is 50.1 Å². The van der Waals surface area contributed by atoms with Crippen LogP contribution >= 0.6 is 0 Å². The molecule has 0 radical (unpaired) electrons. The fourth-order valence-electron chi connectivity index (χ4n) is 4.04. The number of carbonyl (C=O) groups is 2. The maximum absolute atomic E-state index is 12.8. The van der Waals surface area contributed by atoms with E-state index in [9.17, 15) is 9.59 Å². The highest BCUT2D eigenvalue weighted by molar-refractivity contribution is 5.93. The number of piperidine rings is 1. The summed E-state index contributed by atoms with van der Waals surface area (Å²) >= 11 is 0. The average Bonchev–Trinajstić information content (AvgIpc) is 3.29. The van der Waals surface area contributed by atoms with Crippen LogP contribution in [-0.2, 0) is 4.79 Å². The van der Waals surface area contributed by atoms with Crippen molar-refractivity contribution in [2.24, 2.45) is 0 Å². The van der Waals surface area contributed by atoms with E-state index in [-0.39, 0.29) is 23.8 Å². The molecule has 2 aromatic carbocycles. The molecule has 8 nitrogen and oxygen atoms in total. The van der Waals surface area contributed by atoms with Gasteiger partial charge in [-0.2, -0.15) is 0 Å². The van der Waals surface area contributed by atoms with Crippen molar-refractivity contribution in [3.63, 3.8) is 0 Å². The molecule has 1 fully saturated rings. The summed E-state index contributed by atoms with van der Waals surface area (Å²) < 4.78 is 1.63. The first-order valence-corrected chi connectivity index (χ1v) is 11.0. The second-order valence-corrected chi connectivity index (χ2v) is 8.16. The molecule has 8 heteroatoms. The molecule has 1 aliphatic rings. The quantitative estimate of drug-likeness (QED) is 0.605. The van der Waals surface area contributed by atoms with Gasteiger partial charge in [0, 0.05) is 11.6 Å². The number of hydrogen-bond acceptors (Lipinski definition) is 5. The molecular formula is C24H28N6O2. The number of benzene rings is 2. The first-order valence-electron chi connectivity index (χ1n) is 11.0. The minimum Gasteiger partial charge on any atom is -0.289 e. The van der Waals surface area contributed by atoms with Crippen LogP contribution in [0.5, 0.6) is 0 Å². The third kappa shape index (κ3) is 4.70. The van der Waals surface area contributed by atoms with E-state index < -0.39 is 5.91 Å². The van der Waals surface area contributed by atoms with Gasteiger partial charge in [0.2, 0.25) is 5.82 Å². The summed E-state index contributed by atoms with van der Waals surface area (Å²) in [7, 11) is 0. The van der Waals surface area contributed by atoms with Crippen LogP contribution in [0.4, 0.5) is 0 Å². The molecule has 2 heterocycles. The van der Waals surface area contributed by atoms with E-state index in [1.165, 1.54) is 0 Å². The number of hydrogen-bond donors (Lipinski definition) is 2. The van der Waals surface area contributed by atoms with Crippen molar-refractivity contribution in [2.45, 2.75) is 45.2 Å². The van der Waals surface area contributed by atoms with Crippen LogP contribution in [0.15, 0.2) is 60.7 Å². The Morgan fingerprint density at radius 1 is 0.969 bits per heavy atom. The zero-order valence-corrected chi connectivity index (χ0v) is 18.4. The molecule has 1 saturated heterocycles. The molecule has 2 N–H and O–H groups in total. The van der Waals surface area contributed by atoms with Crippen molar-refractivity contribution in [3.8, 4) is 17.1 Å². The van der Waals surface area contributed by atoms with Gasteiger partial charge in [-0.3, -0.25) is 25.3 Å². The van der Waals surface area contributed by atoms with E-state index in [1.807, 2.05) is 60.7 Å². The Morgan fingerprint density at radius 3 is 2.34 bits per heavy atom. The Labute approximate surface area is 187 Å². The number of aromatic nitrogens is 3. The van der Waals surface area contributed by atoms with E-state index in [0.717, 1.165) is 37.1 Å². The van der Waals surface area contributed by atoms with Crippen LogP contribution in [0.1, 0.15) is 43.7 Å². The lowest BCUT2D eigenvalue weighted by Gasteiger charge is -2.37. The van der Waals surface area contributed by atoms with Crippen molar-refractivity contribution in [2.75, 3.05) is 6.54 Å². The van der Waals surface area contributed by atoms with Gasteiger partial charge in [-0.1, -0.05) is 55.0 Å². The highest BCUT2D eigenvalue weighted by atomic mass is 16.2. The summed E-state index contributed by atoms with van der Waals surface area (Å²) in [5.41, 5.74) is 6.69. The van der Waals surface area contributed by atoms with Crippen molar-refractivity contribution in [1.29, 1.82) is 0 Å². The molecule has 166 valence electrons. The molecular weight excluding hydrogens is 404 g/mol. The van der Waals surface area contributed by atoms with Crippen LogP contribution in [0, 0.1) is 0 Å². The number of nitrogens with one attached hydrogen (secondary N) is 2. The third-order valence-corrected chi connectivity index (χ3v) is 5.65. The lowest BCUT2D eigenvalue weighted by molar-refractivity contribution is -0.129. The number of likely N-dealkylation sites (tertiary alicyclic amines) is 1. The molecule has 1 atom stereocenters. The monoisotopic (exact) mass is 432 g/mol. The molecule has 0 bridgehead atoms. The molecule has 4 rings (SSSR count). The lowest BCUT2D eigenvalue weighted by Crippen LogP contribution is -2.55. The zero-order chi connectivity index (χ0) is 22.5. The Bertz CT molecular complexity index is 1010. The van der Waals surface area contributed by atoms with E-state index in [0.29, 0.717) is 5.82 Å². The summed E-state index contributed by atoms with van der Waals surface area (Å²) in [6, 6.07) is 19.1. The largest absolute Gasteiger partial charge is 0.309 e. The predicted octanol–water partition coefficient (Wildman–Crippen LogP) is 2.96. The van der Waals surface area contributed by atoms with Gasteiger partial charge >= 0.3 is 5.91 Å². The highest BCUT2D eigenvalue weighted by Gasteiger charge is 2.30. The highest BCUT2D eigenvalue weighted by Crippen LogP contribution is 2.21. The number of nitrogens with zero attached hydrogens (tertiary/aromatic N) is 4. The molecule has 32 heavy (non-hydrogen) atoms. The van der Waals surface area contributed by atoms with Crippen molar-refractivity contribution in [1.82, 2.24) is 30.5 Å². The molecule has 1 aromatic heterocycles. The smallest absolute Gasteiger partial charge is 0.289 e. The van der Waals surface area contributed by atoms with E-state index in [2.05, 4.69) is 39.7 Å². The van der Waals surface area contributed by atoms with Gasteiger partial charge in [0.05, 0.1) is 11.7 Å². The molecule has 0 saturated carbocycles. The van der Waals surface area contributed by atoms with Crippen LogP contribution < -0.4 is 10.9 Å². The van der Waals surface area contributed by atoms with Crippen LogP contribution in [0.2, 0.25) is 0 Å². The summed E-state index contributed by atoms with van der Waals surface area (Å²) in [5.74, 6) is -0.237. The molecule has 3 aromatic rings. The van der Waals surface area contributed by atoms with Crippen molar-refractivity contribution in [3.05, 3.63) is 66.5 Å². The second kappa shape index (κ2) is 9.74. The fourth-order valence-corrected chi connectivity index (χ4v) is 4.04. The number of para-hydroxylation sites is 1. The maximum Gasteiger partial charge on any atom is 0.309 e. The topological polar surface area (TPSA) is 92.2 Å². The molecule has 0 aliphatic carbocycles. The summed E-state index contributed by atoms with van der Waals surface area (Å²) in [6.45, 7) is 5.04. The Kier molecular flexibility index (Phi) is 6.61. The second-order valence-electron chi connectivity index (χ2n) is 8.16. The first kappa shape index (κ1) is 21.7. The predicted molar refractivity (Wildman–Crippen MR) is 122 cm³/mol. The normalized spacial score (nSPS) is 16.7. The number of hydrazine groups is 1. The van der Waals surface area contributed by atoms with Gasteiger partial charge in [0.25, 0.3) is 5.91 Å². The maximum atomic E-state index is 12.8. The first-order chi connectivity index (χ1) is 15.5. The number of carbonyl (C=O) groups excluding carboxylic acids is 2. The van der Waals surface area contributed by atoms with E-state index >= 15 is 0 Å².